The van der Waals surface area contributed by atoms with E-state index < -0.39 is 0 Å². The zero-order chi connectivity index (χ0) is 14.2. The predicted molar refractivity (Wildman–Crippen MR) is 85.4 cm³/mol. The average Bonchev–Trinajstić information content (AvgIpc) is 3.18. The van der Waals surface area contributed by atoms with Crippen molar-refractivity contribution in [2.45, 2.75) is 64.0 Å². The highest BCUT2D eigenvalue weighted by Gasteiger charge is 2.40. The van der Waals surface area contributed by atoms with E-state index in [1.165, 1.54) is 60.8 Å². The summed E-state index contributed by atoms with van der Waals surface area (Å²) in [5, 5.41) is 5.32. The largest absolute Gasteiger partial charge is 0.306 e. The molecule has 1 N–H and O–H groups in total. The first-order valence-corrected chi connectivity index (χ1v) is 8.87. The van der Waals surface area contributed by atoms with E-state index in [0.717, 1.165) is 12.5 Å². The van der Waals surface area contributed by atoms with Crippen LogP contribution in [0.3, 0.4) is 0 Å². The van der Waals surface area contributed by atoms with E-state index in [9.17, 15) is 0 Å². The molecule has 20 heavy (non-hydrogen) atoms. The van der Waals surface area contributed by atoms with Gasteiger partial charge in [-0.25, -0.2) is 4.98 Å². The van der Waals surface area contributed by atoms with Gasteiger partial charge in [0.1, 0.15) is 5.01 Å². The van der Waals surface area contributed by atoms with Crippen LogP contribution in [0.4, 0.5) is 0 Å². The van der Waals surface area contributed by atoms with Gasteiger partial charge in [-0.2, -0.15) is 0 Å². The average molecular weight is 293 g/mol. The van der Waals surface area contributed by atoms with Crippen molar-refractivity contribution in [3.05, 3.63) is 15.6 Å². The molecule has 0 aromatic carbocycles. The van der Waals surface area contributed by atoms with Crippen LogP contribution in [0.5, 0.6) is 0 Å². The Morgan fingerprint density at radius 2 is 2.15 bits per heavy atom. The summed E-state index contributed by atoms with van der Waals surface area (Å²) < 4.78 is 0. The first kappa shape index (κ1) is 14.5. The number of aryl methyl sites for hydroxylation is 2. The van der Waals surface area contributed by atoms with Gasteiger partial charge in [-0.05, 0) is 59.0 Å². The van der Waals surface area contributed by atoms with Crippen LogP contribution in [0, 0.1) is 6.92 Å². The van der Waals surface area contributed by atoms with Crippen molar-refractivity contribution < 1.29 is 0 Å². The van der Waals surface area contributed by atoms with Crippen LogP contribution in [-0.4, -0.2) is 36.1 Å². The molecule has 0 amide bonds. The molecule has 2 fully saturated rings. The highest BCUT2D eigenvalue weighted by atomic mass is 32.1. The lowest BCUT2D eigenvalue weighted by Crippen LogP contribution is -2.44. The molecule has 1 saturated carbocycles. The summed E-state index contributed by atoms with van der Waals surface area (Å²) in [5.74, 6) is 0. The summed E-state index contributed by atoms with van der Waals surface area (Å²) in [6.07, 6.45) is 7.48. The summed E-state index contributed by atoms with van der Waals surface area (Å²) in [6.45, 7) is 6.85. The molecule has 0 bridgehead atoms. The van der Waals surface area contributed by atoms with Crippen molar-refractivity contribution in [1.82, 2.24) is 15.2 Å². The number of likely N-dealkylation sites (tertiary alicyclic amines) is 1. The standard InChI is InChI=1S/C16H27N3S/c1-4-14-12(2)20-15(17-14)16(18-13-6-7-13)8-5-10-19(3)11-9-16/h13,18H,4-11H2,1-3H3. The number of nitrogens with one attached hydrogen (secondary N) is 1. The Labute approximate surface area is 126 Å². The fourth-order valence-electron chi connectivity index (χ4n) is 3.27. The maximum atomic E-state index is 5.01. The molecule has 1 atom stereocenters. The molecule has 0 radical (unpaired) electrons. The lowest BCUT2D eigenvalue weighted by atomic mass is 9.91. The minimum absolute atomic E-state index is 0.148. The van der Waals surface area contributed by atoms with Crippen LogP contribution in [0.25, 0.3) is 0 Å². The fourth-order valence-corrected chi connectivity index (χ4v) is 4.48. The zero-order valence-corrected chi connectivity index (χ0v) is 13.9. The van der Waals surface area contributed by atoms with Crippen molar-refractivity contribution in [3.63, 3.8) is 0 Å². The molecule has 1 saturated heterocycles. The van der Waals surface area contributed by atoms with Gasteiger partial charge in [-0.15, -0.1) is 11.3 Å². The van der Waals surface area contributed by atoms with E-state index in [1.807, 2.05) is 11.3 Å². The van der Waals surface area contributed by atoms with Crippen LogP contribution in [0.2, 0.25) is 0 Å². The van der Waals surface area contributed by atoms with E-state index >= 15 is 0 Å². The highest BCUT2D eigenvalue weighted by Crippen LogP contribution is 2.39. The molecule has 1 aliphatic carbocycles. The summed E-state index contributed by atoms with van der Waals surface area (Å²) in [6, 6.07) is 0.743. The second-order valence-corrected chi connectivity index (χ2v) is 7.74. The van der Waals surface area contributed by atoms with Gasteiger partial charge in [0, 0.05) is 17.5 Å². The predicted octanol–water partition coefficient (Wildman–Crippen LogP) is 3.08. The third kappa shape index (κ3) is 2.92. The fraction of sp³-hybridized carbons (Fsp3) is 0.812. The topological polar surface area (TPSA) is 28.2 Å². The molecular formula is C16H27N3S. The van der Waals surface area contributed by atoms with E-state index in [-0.39, 0.29) is 5.54 Å². The lowest BCUT2D eigenvalue weighted by Gasteiger charge is -2.32. The second kappa shape index (κ2) is 5.74. The number of nitrogens with zero attached hydrogens (tertiary/aromatic N) is 2. The smallest absolute Gasteiger partial charge is 0.113 e. The third-order valence-corrected chi connectivity index (χ3v) is 5.98. The van der Waals surface area contributed by atoms with E-state index in [1.54, 1.807) is 0 Å². The summed E-state index contributed by atoms with van der Waals surface area (Å²) in [7, 11) is 2.25. The molecule has 1 unspecified atom stereocenters. The number of rotatable bonds is 4. The maximum Gasteiger partial charge on any atom is 0.113 e. The number of thiazole rings is 1. The van der Waals surface area contributed by atoms with Crippen molar-refractivity contribution in [3.8, 4) is 0 Å². The van der Waals surface area contributed by atoms with Crippen LogP contribution >= 0.6 is 11.3 Å². The number of hydrogen-bond acceptors (Lipinski definition) is 4. The molecule has 3 rings (SSSR count). The highest BCUT2D eigenvalue weighted by molar-refractivity contribution is 7.11. The van der Waals surface area contributed by atoms with Gasteiger partial charge < -0.3 is 10.2 Å². The summed E-state index contributed by atoms with van der Waals surface area (Å²) in [5.41, 5.74) is 1.45. The molecule has 1 aromatic heterocycles. The second-order valence-electron chi connectivity index (χ2n) is 6.53. The minimum atomic E-state index is 0.148. The maximum absolute atomic E-state index is 5.01. The lowest BCUT2D eigenvalue weighted by molar-refractivity contribution is 0.276. The molecule has 4 heteroatoms. The van der Waals surface area contributed by atoms with Gasteiger partial charge >= 0.3 is 0 Å². The van der Waals surface area contributed by atoms with Crippen molar-refractivity contribution in [1.29, 1.82) is 0 Å². The van der Waals surface area contributed by atoms with E-state index in [4.69, 9.17) is 4.98 Å². The van der Waals surface area contributed by atoms with Gasteiger partial charge in [0.25, 0.3) is 0 Å². The first-order chi connectivity index (χ1) is 9.63. The Bertz CT molecular complexity index is 466. The Balaban J connectivity index is 1.90. The van der Waals surface area contributed by atoms with Crippen LogP contribution in [0.15, 0.2) is 0 Å². The zero-order valence-electron chi connectivity index (χ0n) is 13.0. The van der Waals surface area contributed by atoms with Crippen molar-refractivity contribution in [2.24, 2.45) is 0 Å². The first-order valence-electron chi connectivity index (χ1n) is 8.06. The molecule has 3 nitrogen and oxygen atoms in total. The molecule has 2 heterocycles. The van der Waals surface area contributed by atoms with Crippen molar-refractivity contribution >= 4 is 11.3 Å². The Morgan fingerprint density at radius 3 is 2.80 bits per heavy atom. The number of aromatic nitrogens is 1. The molecular weight excluding hydrogens is 266 g/mol. The van der Waals surface area contributed by atoms with Gasteiger partial charge in [0.15, 0.2) is 0 Å². The Kier molecular flexibility index (Phi) is 4.16. The SMILES string of the molecule is CCc1nc(C2(NC3CC3)CCCN(C)CC2)sc1C. The van der Waals surface area contributed by atoms with Crippen LogP contribution in [0.1, 0.15) is 54.6 Å². The monoisotopic (exact) mass is 293 g/mol. The Hall–Kier alpha value is -0.450. The Morgan fingerprint density at radius 1 is 1.35 bits per heavy atom. The quantitative estimate of drug-likeness (QED) is 0.924. The minimum Gasteiger partial charge on any atom is -0.306 e. The van der Waals surface area contributed by atoms with Gasteiger partial charge in [0.2, 0.25) is 0 Å². The van der Waals surface area contributed by atoms with Gasteiger partial charge in [-0.1, -0.05) is 6.92 Å². The van der Waals surface area contributed by atoms with Crippen LogP contribution < -0.4 is 5.32 Å². The van der Waals surface area contributed by atoms with E-state index in [0.29, 0.717) is 0 Å². The number of hydrogen-bond donors (Lipinski definition) is 1. The summed E-state index contributed by atoms with van der Waals surface area (Å²) in [4.78, 5) is 8.89. The molecule has 1 aliphatic heterocycles. The van der Waals surface area contributed by atoms with Crippen molar-refractivity contribution in [2.75, 3.05) is 20.1 Å². The van der Waals surface area contributed by atoms with Crippen LogP contribution in [-0.2, 0) is 12.0 Å². The van der Waals surface area contributed by atoms with Gasteiger partial charge in [-0.3, -0.25) is 0 Å². The molecule has 112 valence electrons. The molecule has 0 spiro atoms. The normalized spacial score (nSPS) is 28.6. The molecule has 2 aliphatic rings. The van der Waals surface area contributed by atoms with Gasteiger partial charge in [0.05, 0.1) is 11.2 Å². The summed E-state index contributed by atoms with van der Waals surface area (Å²) >= 11 is 1.93. The van der Waals surface area contributed by atoms with E-state index in [2.05, 4.69) is 31.1 Å². The third-order valence-electron chi connectivity index (χ3n) is 4.76. The molecule has 1 aromatic rings.